The average Bonchev–Trinajstić information content (AvgIpc) is 1.60. The summed E-state index contributed by atoms with van der Waals surface area (Å²) >= 11 is 1.35. The van der Waals surface area contributed by atoms with E-state index < -0.39 is 88.8 Å². The molecule has 2 aliphatic heterocycles. The Hall–Kier alpha value is -7.85. The molecule has 3 aromatic heterocycles. The number of non-ortho nitro benzene ring substituents is 1. The number of nitriles is 6. The van der Waals surface area contributed by atoms with Gasteiger partial charge in [-0.2, -0.15) is 31.6 Å². The zero-order valence-corrected chi connectivity index (χ0v) is 74.9. The zero-order valence-electron chi connectivity index (χ0n) is 68.3. The zero-order chi connectivity index (χ0) is 86.6. The standard InChI is InChI=1S/C32H16N8.C12H12N2O3S.C11H10N2O3S2.C9H20O9S3.C8H3N3O2.C4H10O3S.Cu.6Li/c1-2-10-18-17(9-1)25-33-26(18)38-28-21-13-5-6-14-22(21)30(35-28)40-32-24-16-8-7-15-23(24)31(36-32)39-29-20-12-4-3-11-19(20)27(34-29)37-25;13-8-11-5-4-10(7-12(11)9-14)3-1-2-6-18(15,16)17;12-7-9-2-3-11(6-10(9)8-13)17-4-1-5-18(14,15)16;10-19(11,12)6-1-3-9(5-8-21(16,17)18)4-2-7-20(13,14)15;9-4-6-1-2-8(11(12)13)3-7(6)5-10;1-2-3-4-8(5,6)7;;;;;;;/h1-16H;4-5,7H,1-3,6H2,(H,15,16,17);2-3,6H,1,4-5H2,(H,14,15,16);9H,1-8H2,(H,10,11,12)(H,13,14,15)(H,16,17,18);1-3H;2-4H2,1H3,(H,5,6,7);;;;;;;/q-2;;;;;;+2;6*+1/p-6. The van der Waals surface area contributed by atoms with Gasteiger partial charge in [0.05, 0.1) is 122 Å². The SMILES string of the molecule is CCCCS(=O)(=O)[O-].N#Cc1ccc(CCCCS(=O)(=O)[O-])cc1C#N.N#Cc1ccc(SCCCS(=O)(=O)[O-])cc1C#N.N#Cc1ccc([N+](=O)[O-])cc1C#N.O=S(=O)([O-])CCCC(CCCS(=O)(=O)[O-])CCS(=O)(=O)[O-].[Cu+2].[Li+].[Li+].[Li+].[Li+].[Li+].[Li+].c1ccc2c(c1)-c1nc-2nc2[n-]c(nc3nc(nc4[n-]c(n1)c1ccccc41)-c1ccccc1-3)c1ccccc21. The van der Waals surface area contributed by atoms with Gasteiger partial charge in [0.1, 0.15) is 36.4 Å². The summed E-state index contributed by atoms with van der Waals surface area (Å²) in [5, 5.41) is 66.0. The van der Waals surface area contributed by atoms with E-state index in [1.165, 1.54) is 23.9 Å². The number of nitro groups is 1. The van der Waals surface area contributed by atoms with Crippen LogP contribution in [0, 0.1) is 84.0 Å². The number of unbranched alkanes of at least 4 members (excludes halogenated alkanes) is 2. The van der Waals surface area contributed by atoms with Crippen molar-refractivity contribution in [2.45, 2.75) is 82.4 Å². The molecule has 8 bridgehead atoms. The van der Waals surface area contributed by atoms with Crippen molar-refractivity contribution in [2.24, 2.45) is 5.92 Å². The van der Waals surface area contributed by atoms with E-state index >= 15 is 0 Å². The molecule has 0 aliphatic carbocycles. The molecule has 5 heterocycles. The third-order valence-electron chi connectivity index (χ3n) is 16.8. The number of nitrogens with zero attached hydrogens (tertiary/aromatic N) is 15. The molecule has 35 nitrogen and oxygen atoms in total. The summed E-state index contributed by atoms with van der Waals surface area (Å²) in [7, 11) is -25.4. The maximum atomic E-state index is 10.6. The molecule has 49 heteroatoms. The molecule has 7 aromatic carbocycles. The molecule has 0 saturated heterocycles. The smallest absolute Gasteiger partial charge is 0.748 e. The normalized spacial score (nSPS) is 10.8. The van der Waals surface area contributed by atoms with Crippen LogP contribution >= 0.6 is 11.8 Å². The quantitative estimate of drug-likeness (QED) is 0.0128. The van der Waals surface area contributed by atoms with Crippen LogP contribution in [0.15, 0.2) is 157 Å². The van der Waals surface area contributed by atoms with Crippen LogP contribution in [0.2, 0.25) is 0 Å². The van der Waals surface area contributed by atoms with E-state index in [0.29, 0.717) is 99.6 Å². The van der Waals surface area contributed by atoms with E-state index in [0.717, 1.165) is 66.7 Å². The van der Waals surface area contributed by atoms with Gasteiger partial charge in [-0.3, -0.25) is 10.1 Å². The first-order chi connectivity index (χ1) is 55.7. The van der Waals surface area contributed by atoms with Crippen LogP contribution in [0.3, 0.4) is 0 Å². The van der Waals surface area contributed by atoms with Gasteiger partial charge in [0, 0.05) is 96.4 Å². The summed E-state index contributed by atoms with van der Waals surface area (Å²) in [5.41, 5.74) is 7.86. The number of fused-ring (bicyclic) bond motifs is 20. The van der Waals surface area contributed by atoms with Gasteiger partial charge < -0.3 is 57.2 Å². The van der Waals surface area contributed by atoms with Crippen molar-refractivity contribution in [1.29, 1.82) is 31.6 Å². The molecular formula is C76H65CuLi6N15O20S7. The molecule has 0 unspecified atom stereocenters. The molecule has 10 aromatic rings. The predicted molar refractivity (Wildman–Crippen MR) is 425 cm³/mol. The van der Waals surface area contributed by atoms with Gasteiger partial charge in [0.25, 0.3) is 5.69 Å². The Morgan fingerprint density at radius 2 is 0.680 bits per heavy atom. The Bertz CT molecular complexity index is 6150. The van der Waals surface area contributed by atoms with Crippen molar-refractivity contribution < 1.29 is 213 Å². The van der Waals surface area contributed by atoms with Gasteiger partial charge in [-0.1, -0.05) is 116 Å². The molecule has 0 atom stereocenters. The van der Waals surface area contributed by atoms with Crippen LogP contribution < -0.4 is 123 Å². The second-order valence-electron chi connectivity index (χ2n) is 25.4. The van der Waals surface area contributed by atoms with Gasteiger partial charge in [0.2, 0.25) is 0 Å². The van der Waals surface area contributed by atoms with E-state index in [9.17, 15) is 87.9 Å². The van der Waals surface area contributed by atoms with Gasteiger partial charge in [0.15, 0.2) is 0 Å². The molecular weight excluding hydrogens is 1770 g/mol. The summed E-state index contributed by atoms with van der Waals surface area (Å²) in [6.45, 7) is 1.84. The first kappa shape index (κ1) is 117. The first-order valence-electron chi connectivity index (χ1n) is 35.0. The third-order valence-corrected chi connectivity index (χ3v) is 22.6. The van der Waals surface area contributed by atoms with E-state index in [4.69, 9.17) is 71.4 Å². The molecule has 0 amide bonds. The number of rotatable bonds is 25. The van der Waals surface area contributed by atoms with E-state index in [1.807, 2.05) is 128 Å². The minimum atomic E-state index is -4.44. The van der Waals surface area contributed by atoms with Crippen LogP contribution in [0.1, 0.15) is 110 Å². The van der Waals surface area contributed by atoms with Crippen LogP contribution in [0.5, 0.6) is 0 Å². The van der Waals surface area contributed by atoms with Crippen molar-refractivity contribution >= 4 is 122 Å². The van der Waals surface area contributed by atoms with E-state index in [2.05, 4.69) is 0 Å². The molecule has 125 heavy (non-hydrogen) atoms. The summed E-state index contributed by atoms with van der Waals surface area (Å²) in [5.74, 6) is -0.623. The van der Waals surface area contributed by atoms with Gasteiger partial charge in [-0.15, -0.1) is 11.8 Å². The third kappa shape index (κ3) is 39.3. The minimum Gasteiger partial charge on any atom is -0.748 e. The van der Waals surface area contributed by atoms with Crippen molar-refractivity contribution in [3.05, 3.63) is 201 Å². The Morgan fingerprint density at radius 1 is 0.368 bits per heavy atom. The Balaban J connectivity index is 0.00000157. The van der Waals surface area contributed by atoms with Crippen LogP contribution in [-0.4, -0.2) is 153 Å². The number of benzene rings is 7. The van der Waals surface area contributed by atoms with Crippen LogP contribution in [0.25, 0.3) is 89.7 Å². The second-order valence-corrected chi connectivity index (χ2v) is 35.7. The van der Waals surface area contributed by atoms with Crippen LogP contribution in [-0.2, 0) is 84.2 Å². The number of aryl methyl sites for hydroxylation is 1. The average molecular weight is 1840 g/mol. The molecule has 1 radical (unpaired) electrons. The van der Waals surface area contributed by atoms with E-state index in [-0.39, 0.29) is 203 Å². The van der Waals surface area contributed by atoms with E-state index in [1.54, 1.807) is 48.5 Å². The summed E-state index contributed by atoms with van der Waals surface area (Å²) in [6.07, 6.45) is 3.15. The number of nitro benzene ring substituents is 1. The summed E-state index contributed by atoms with van der Waals surface area (Å²) in [6, 6.07) is 56.3. The van der Waals surface area contributed by atoms with Gasteiger partial charge in [-0.05, 0) is 139 Å². The number of hydrogen-bond acceptors (Lipinski definition) is 33. The molecule has 0 spiro atoms. The first-order valence-corrected chi connectivity index (χ1v) is 45.5. The number of thioether (sulfide) groups is 1. The largest absolute Gasteiger partial charge is 2.00 e. The maximum Gasteiger partial charge on any atom is 2.00 e. The maximum absolute atomic E-state index is 10.6. The predicted octanol–water partition coefficient (Wildman–Crippen LogP) is -8.24. The molecule has 623 valence electrons. The van der Waals surface area contributed by atoms with Crippen molar-refractivity contribution in [1.82, 2.24) is 39.9 Å². The topological polar surface area (TPSA) is 635 Å². The fraction of sp³-hybridized carbons (Fsp3) is 0.263. The second kappa shape index (κ2) is 55.1. The van der Waals surface area contributed by atoms with Crippen molar-refractivity contribution in [3.63, 3.8) is 0 Å². The van der Waals surface area contributed by atoms with Gasteiger partial charge in [-0.25, -0.2) is 60.5 Å². The fourth-order valence-electron chi connectivity index (χ4n) is 11.2. The molecule has 0 saturated carbocycles. The molecule has 0 fully saturated rings. The number of hydrogen-bond donors (Lipinski definition) is 0. The Morgan fingerprint density at radius 3 is 1.02 bits per heavy atom. The monoisotopic (exact) mass is 1840 g/mol. The van der Waals surface area contributed by atoms with Crippen molar-refractivity contribution in [3.8, 4) is 82.0 Å². The Labute approximate surface area is 809 Å². The van der Waals surface area contributed by atoms with Crippen LogP contribution in [0.4, 0.5) is 5.69 Å². The molecule has 2 aliphatic rings. The Kier molecular flexibility index (Phi) is 51.7. The molecule has 12 rings (SSSR count). The number of aromatic nitrogens is 8. The minimum absolute atomic E-state index is 0. The fourth-order valence-corrected chi connectivity index (χ4v) is 15.7. The molecule has 0 N–H and O–H groups in total. The van der Waals surface area contributed by atoms with Crippen molar-refractivity contribution in [2.75, 3.05) is 40.3 Å². The summed E-state index contributed by atoms with van der Waals surface area (Å²) in [4.78, 5) is 49.7. The summed E-state index contributed by atoms with van der Waals surface area (Å²) < 4.78 is 186. The van der Waals surface area contributed by atoms with Gasteiger partial charge >= 0.3 is 130 Å².